The van der Waals surface area contributed by atoms with E-state index in [2.05, 4.69) is 26.8 Å². The van der Waals surface area contributed by atoms with Gasteiger partial charge in [-0.05, 0) is 56.8 Å². The number of hydrogen-bond donors (Lipinski definition) is 2. The van der Waals surface area contributed by atoms with Gasteiger partial charge in [0.2, 0.25) is 0 Å². The Hall–Kier alpha value is -1.42. The number of hydrogen-bond acceptors (Lipinski definition) is 6. The SMILES string of the molecule is CC1CCN([C@H]2CCCC[C@@H]2Nc2cc(F)c(S(=O)(=O)Nc3nccs3)cc2Cl)CC1. The Morgan fingerprint density at radius 2 is 1.94 bits per heavy atom. The van der Waals surface area contributed by atoms with Gasteiger partial charge in [0.05, 0.1) is 10.7 Å². The van der Waals surface area contributed by atoms with Crippen molar-refractivity contribution in [3.63, 3.8) is 0 Å². The first kappa shape index (κ1) is 22.8. The second-order valence-corrected chi connectivity index (χ2v) is 11.5. The summed E-state index contributed by atoms with van der Waals surface area (Å²) >= 11 is 7.53. The van der Waals surface area contributed by atoms with Crippen molar-refractivity contribution in [2.75, 3.05) is 23.1 Å². The molecule has 0 amide bonds. The lowest BCUT2D eigenvalue weighted by Gasteiger charge is -2.43. The second kappa shape index (κ2) is 9.60. The average Bonchev–Trinajstić information content (AvgIpc) is 3.24. The second-order valence-electron chi connectivity index (χ2n) is 8.53. The number of likely N-dealkylation sites (tertiary alicyclic amines) is 1. The zero-order chi connectivity index (χ0) is 22.0. The molecule has 10 heteroatoms. The lowest BCUT2D eigenvalue weighted by atomic mass is 9.86. The van der Waals surface area contributed by atoms with Gasteiger partial charge in [0.1, 0.15) is 10.7 Å². The smallest absolute Gasteiger partial charge is 0.266 e. The van der Waals surface area contributed by atoms with Crippen LogP contribution in [0.3, 0.4) is 0 Å². The molecule has 0 spiro atoms. The predicted molar refractivity (Wildman–Crippen MR) is 124 cm³/mol. The molecule has 0 bridgehead atoms. The summed E-state index contributed by atoms with van der Waals surface area (Å²) in [4.78, 5) is 5.96. The summed E-state index contributed by atoms with van der Waals surface area (Å²) in [7, 11) is -4.12. The first-order valence-electron chi connectivity index (χ1n) is 10.8. The van der Waals surface area contributed by atoms with Crippen molar-refractivity contribution in [2.45, 2.75) is 62.4 Å². The van der Waals surface area contributed by atoms with Crippen LogP contribution in [0.2, 0.25) is 5.02 Å². The maximum atomic E-state index is 14.9. The molecule has 6 nitrogen and oxygen atoms in total. The van der Waals surface area contributed by atoms with Crippen LogP contribution in [-0.4, -0.2) is 43.5 Å². The van der Waals surface area contributed by atoms with Gasteiger partial charge in [0, 0.05) is 23.7 Å². The van der Waals surface area contributed by atoms with Crippen LogP contribution in [0.1, 0.15) is 45.4 Å². The Balaban J connectivity index is 1.52. The van der Waals surface area contributed by atoms with Gasteiger partial charge in [-0.2, -0.15) is 0 Å². The first-order valence-corrected chi connectivity index (χ1v) is 13.5. The van der Waals surface area contributed by atoms with Crippen molar-refractivity contribution in [3.05, 3.63) is 34.5 Å². The van der Waals surface area contributed by atoms with Gasteiger partial charge in [-0.3, -0.25) is 9.62 Å². The lowest BCUT2D eigenvalue weighted by Crippen LogP contribution is -2.51. The Bertz CT molecular complexity index is 995. The molecule has 31 heavy (non-hydrogen) atoms. The summed E-state index contributed by atoms with van der Waals surface area (Å²) in [6.45, 7) is 4.48. The summed E-state index contributed by atoms with van der Waals surface area (Å²) in [6, 6.07) is 2.92. The van der Waals surface area contributed by atoms with Crippen molar-refractivity contribution in [1.29, 1.82) is 0 Å². The standard InChI is InChI=1S/C21H28ClFN4O2S2/c1-14-6-9-27(10-7-14)19-5-3-2-4-17(19)25-18-13-16(23)20(12-15(18)22)31(28,29)26-21-24-8-11-30-21/h8,11-14,17,19,25H,2-7,9-10H2,1H3,(H,24,26)/t17-,19-/m0/s1. The van der Waals surface area contributed by atoms with Crippen LogP contribution >= 0.6 is 22.9 Å². The molecule has 2 N–H and O–H groups in total. The number of piperidine rings is 1. The third kappa shape index (κ3) is 5.32. The van der Waals surface area contributed by atoms with Crippen LogP contribution in [-0.2, 0) is 10.0 Å². The molecule has 2 fully saturated rings. The van der Waals surface area contributed by atoms with Crippen molar-refractivity contribution in [1.82, 2.24) is 9.88 Å². The number of benzene rings is 1. The highest BCUT2D eigenvalue weighted by atomic mass is 35.5. The van der Waals surface area contributed by atoms with E-state index in [-0.39, 0.29) is 16.2 Å². The Morgan fingerprint density at radius 1 is 1.19 bits per heavy atom. The van der Waals surface area contributed by atoms with Crippen molar-refractivity contribution < 1.29 is 12.8 Å². The van der Waals surface area contributed by atoms with Gasteiger partial charge in [-0.25, -0.2) is 17.8 Å². The third-order valence-corrected chi connectivity index (χ3v) is 8.81. The highest BCUT2D eigenvalue weighted by Crippen LogP contribution is 2.34. The fourth-order valence-corrected chi connectivity index (χ4v) is 6.72. The van der Waals surface area contributed by atoms with E-state index in [1.165, 1.54) is 37.6 Å². The maximum Gasteiger partial charge on any atom is 0.266 e. The molecule has 2 aliphatic rings. The molecule has 0 unspecified atom stereocenters. The molecular weight excluding hydrogens is 459 g/mol. The quantitative estimate of drug-likeness (QED) is 0.587. The highest BCUT2D eigenvalue weighted by Gasteiger charge is 2.32. The Labute approximate surface area is 192 Å². The number of halogens is 2. The van der Waals surface area contributed by atoms with Crippen LogP contribution in [0, 0.1) is 11.7 Å². The predicted octanol–water partition coefficient (Wildman–Crippen LogP) is 5.19. The van der Waals surface area contributed by atoms with E-state index in [0.29, 0.717) is 11.7 Å². The van der Waals surface area contributed by atoms with Crippen molar-refractivity contribution in [2.24, 2.45) is 5.92 Å². The van der Waals surface area contributed by atoms with E-state index in [0.717, 1.165) is 49.6 Å². The first-order chi connectivity index (χ1) is 14.8. The molecular formula is C21H28ClFN4O2S2. The molecule has 2 aromatic rings. The number of sulfonamides is 1. The molecule has 1 aliphatic heterocycles. The van der Waals surface area contributed by atoms with Gasteiger partial charge in [-0.1, -0.05) is 31.4 Å². The zero-order valence-electron chi connectivity index (χ0n) is 17.5. The summed E-state index contributed by atoms with van der Waals surface area (Å²) in [5.41, 5.74) is 0.439. The lowest BCUT2D eigenvalue weighted by molar-refractivity contribution is 0.103. The third-order valence-electron chi connectivity index (χ3n) is 6.32. The summed E-state index contributed by atoms with van der Waals surface area (Å²) < 4.78 is 42.3. The molecule has 2 heterocycles. The zero-order valence-corrected chi connectivity index (χ0v) is 19.9. The average molecular weight is 487 g/mol. The number of nitrogens with zero attached hydrogens (tertiary/aromatic N) is 2. The molecule has 2 atom stereocenters. The number of anilines is 2. The minimum atomic E-state index is -4.12. The minimum absolute atomic E-state index is 0.162. The van der Waals surface area contributed by atoms with Gasteiger partial charge in [0.15, 0.2) is 5.13 Å². The van der Waals surface area contributed by atoms with Gasteiger partial charge < -0.3 is 5.32 Å². The van der Waals surface area contributed by atoms with E-state index in [1.807, 2.05) is 0 Å². The largest absolute Gasteiger partial charge is 0.379 e. The van der Waals surface area contributed by atoms with Crippen LogP contribution in [0.15, 0.2) is 28.6 Å². The number of nitrogens with one attached hydrogen (secondary N) is 2. The molecule has 1 aliphatic carbocycles. The summed E-state index contributed by atoms with van der Waals surface area (Å²) in [5, 5.41) is 5.44. The molecule has 170 valence electrons. The van der Waals surface area contributed by atoms with E-state index in [1.54, 1.807) is 5.38 Å². The Kier molecular flexibility index (Phi) is 7.05. The molecule has 1 saturated carbocycles. The molecule has 1 aromatic heterocycles. The Morgan fingerprint density at radius 3 is 2.65 bits per heavy atom. The van der Waals surface area contributed by atoms with Gasteiger partial charge in [0.25, 0.3) is 10.0 Å². The van der Waals surface area contributed by atoms with Crippen LogP contribution < -0.4 is 10.0 Å². The fourth-order valence-electron chi connectivity index (χ4n) is 4.57. The maximum absolute atomic E-state index is 14.9. The normalized spacial score (nSPS) is 23.6. The van der Waals surface area contributed by atoms with E-state index >= 15 is 0 Å². The van der Waals surface area contributed by atoms with E-state index in [4.69, 9.17) is 11.6 Å². The van der Waals surface area contributed by atoms with E-state index < -0.39 is 20.7 Å². The van der Waals surface area contributed by atoms with Crippen molar-refractivity contribution in [3.8, 4) is 0 Å². The molecule has 1 saturated heterocycles. The molecule has 4 rings (SSSR count). The fraction of sp³-hybridized carbons (Fsp3) is 0.571. The summed E-state index contributed by atoms with van der Waals surface area (Å²) in [5.74, 6) is -0.0719. The van der Waals surface area contributed by atoms with Gasteiger partial charge in [-0.15, -0.1) is 11.3 Å². The minimum Gasteiger partial charge on any atom is -0.379 e. The number of rotatable bonds is 6. The molecule has 0 radical (unpaired) electrons. The van der Waals surface area contributed by atoms with Crippen LogP contribution in [0.5, 0.6) is 0 Å². The van der Waals surface area contributed by atoms with Gasteiger partial charge >= 0.3 is 0 Å². The molecule has 1 aromatic carbocycles. The van der Waals surface area contributed by atoms with E-state index in [9.17, 15) is 12.8 Å². The monoisotopic (exact) mass is 486 g/mol. The topological polar surface area (TPSA) is 74.3 Å². The highest BCUT2D eigenvalue weighted by molar-refractivity contribution is 7.93. The summed E-state index contributed by atoms with van der Waals surface area (Å²) in [6.07, 6.45) is 8.28. The number of aromatic nitrogens is 1. The van der Waals surface area contributed by atoms with Crippen LogP contribution in [0.25, 0.3) is 0 Å². The number of thiazole rings is 1. The van der Waals surface area contributed by atoms with Crippen molar-refractivity contribution >= 4 is 43.8 Å². The van der Waals surface area contributed by atoms with Crippen LogP contribution in [0.4, 0.5) is 15.2 Å².